The summed E-state index contributed by atoms with van der Waals surface area (Å²) in [4.78, 5) is 4.73. The average Bonchev–Trinajstić information content (AvgIpc) is 2.45. The molecular weight excluding hydrogens is 289 g/mol. The summed E-state index contributed by atoms with van der Waals surface area (Å²) in [5.41, 5.74) is 0.861. The highest BCUT2D eigenvalue weighted by Crippen LogP contribution is 2.28. The van der Waals surface area contributed by atoms with Gasteiger partial charge < -0.3 is 15.1 Å². The number of hydrogen-bond acceptors (Lipinski definition) is 3. The molecule has 0 aliphatic carbocycles. The van der Waals surface area contributed by atoms with Crippen LogP contribution in [-0.4, -0.2) is 56.1 Å². The lowest BCUT2D eigenvalue weighted by molar-refractivity contribution is 0.101. The Balaban J connectivity index is 2.16. The van der Waals surface area contributed by atoms with E-state index >= 15 is 0 Å². The van der Waals surface area contributed by atoms with Crippen LogP contribution in [0.5, 0.6) is 0 Å². The summed E-state index contributed by atoms with van der Waals surface area (Å²) < 4.78 is 13.6. The van der Waals surface area contributed by atoms with Gasteiger partial charge in [-0.15, -0.1) is 0 Å². The second-order valence-corrected chi connectivity index (χ2v) is 6.32. The SMILES string of the molecule is CCNC(CC1CN(C)CCN1C)c1cc(F)ccc1Cl. The molecule has 5 heteroatoms. The van der Waals surface area contributed by atoms with E-state index < -0.39 is 0 Å². The van der Waals surface area contributed by atoms with Crippen molar-refractivity contribution in [1.29, 1.82) is 0 Å². The van der Waals surface area contributed by atoms with Crippen molar-refractivity contribution in [3.8, 4) is 0 Å². The maximum atomic E-state index is 13.6. The van der Waals surface area contributed by atoms with Crippen LogP contribution in [0.3, 0.4) is 0 Å². The second-order valence-electron chi connectivity index (χ2n) is 5.91. The summed E-state index contributed by atoms with van der Waals surface area (Å²) >= 11 is 6.28. The van der Waals surface area contributed by atoms with Crippen LogP contribution in [-0.2, 0) is 0 Å². The molecular formula is C16H25ClFN3. The van der Waals surface area contributed by atoms with E-state index in [4.69, 9.17) is 11.6 Å². The standard InChI is InChI=1S/C16H25ClFN3/c1-4-19-16(14-9-12(18)5-6-15(14)17)10-13-11-20(2)7-8-21(13)3/h5-6,9,13,16,19H,4,7-8,10-11H2,1-3H3. The predicted octanol–water partition coefficient (Wildman–Crippen LogP) is 2.77. The third-order valence-electron chi connectivity index (χ3n) is 4.27. The minimum absolute atomic E-state index is 0.0807. The molecule has 3 nitrogen and oxygen atoms in total. The lowest BCUT2D eigenvalue weighted by Gasteiger charge is -2.39. The maximum absolute atomic E-state index is 13.6. The number of halogens is 2. The zero-order valence-corrected chi connectivity index (χ0v) is 13.8. The Morgan fingerprint density at radius 1 is 1.38 bits per heavy atom. The summed E-state index contributed by atoms with van der Waals surface area (Å²) in [7, 11) is 4.31. The Kier molecular flexibility index (Phi) is 5.99. The molecule has 21 heavy (non-hydrogen) atoms. The van der Waals surface area contributed by atoms with Gasteiger partial charge in [0.25, 0.3) is 0 Å². The Hall–Kier alpha value is -0.680. The Morgan fingerprint density at radius 2 is 2.14 bits per heavy atom. The van der Waals surface area contributed by atoms with Crippen LogP contribution < -0.4 is 5.32 Å². The largest absolute Gasteiger partial charge is 0.310 e. The molecule has 118 valence electrons. The third-order valence-corrected chi connectivity index (χ3v) is 4.62. The summed E-state index contributed by atoms with van der Waals surface area (Å²) in [6.45, 7) is 6.10. The number of rotatable bonds is 5. The van der Waals surface area contributed by atoms with E-state index in [-0.39, 0.29) is 11.9 Å². The first-order valence-corrected chi connectivity index (χ1v) is 7.96. The molecule has 1 aromatic carbocycles. The zero-order chi connectivity index (χ0) is 15.4. The van der Waals surface area contributed by atoms with Crippen LogP contribution in [0.15, 0.2) is 18.2 Å². The fourth-order valence-corrected chi connectivity index (χ4v) is 3.23. The molecule has 0 radical (unpaired) electrons. The van der Waals surface area contributed by atoms with E-state index in [2.05, 4.69) is 36.1 Å². The lowest BCUT2D eigenvalue weighted by Crippen LogP contribution is -2.51. The van der Waals surface area contributed by atoms with Gasteiger partial charge in [0.15, 0.2) is 0 Å². The van der Waals surface area contributed by atoms with Gasteiger partial charge in [-0.1, -0.05) is 18.5 Å². The number of piperazine rings is 1. The van der Waals surface area contributed by atoms with Gasteiger partial charge in [-0.05, 0) is 50.8 Å². The topological polar surface area (TPSA) is 18.5 Å². The highest BCUT2D eigenvalue weighted by atomic mass is 35.5. The zero-order valence-electron chi connectivity index (χ0n) is 13.1. The van der Waals surface area contributed by atoms with Crippen molar-refractivity contribution in [1.82, 2.24) is 15.1 Å². The van der Waals surface area contributed by atoms with Gasteiger partial charge in [0.2, 0.25) is 0 Å². The number of benzene rings is 1. The molecule has 2 rings (SSSR count). The second kappa shape index (κ2) is 7.54. The first-order valence-electron chi connectivity index (χ1n) is 7.58. The molecule has 0 aromatic heterocycles. The van der Waals surface area contributed by atoms with Gasteiger partial charge in [-0.25, -0.2) is 4.39 Å². The molecule has 0 spiro atoms. The molecule has 1 N–H and O–H groups in total. The molecule has 0 bridgehead atoms. The van der Waals surface area contributed by atoms with E-state index in [9.17, 15) is 4.39 Å². The van der Waals surface area contributed by atoms with Gasteiger partial charge >= 0.3 is 0 Å². The third kappa shape index (κ3) is 4.39. The molecule has 1 aromatic rings. The molecule has 1 fully saturated rings. The smallest absolute Gasteiger partial charge is 0.123 e. The highest BCUT2D eigenvalue weighted by molar-refractivity contribution is 6.31. The van der Waals surface area contributed by atoms with Crippen molar-refractivity contribution < 1.29 is 4.39 Å². The van der Waals surface area contributed by atoms with Gasteiger partial charge in [-0.2, -0.15) is 0 Å². The van der Waals surface area contributed by atoms with Crippen molar-refractivity contribution in [2.24, 2.45) is 0 Å². The van der Waals surface area contributed by atoms with Crippen LogP contribution in [0.2, 0.25) is 5.02 Å². The fourth-order valence-electron chi connectivity index (χ4n) is 2.98. The normalized spacial score (nSPS) is 22.4. The number of likely N-dealkylation sites (N-methyl/N-ethyl adjacent to an activating group) is 2. The Labute approximate surface area is 132 Å². The first-order chi connectivity index (χ1) is 10.0. The van der Waals surface area contributed by atoms with Gasteiger partial charge in [0.1, 0.15) is 5.82 Å². The minimum Gasteiger partial charge on any atom is -0.310 e. The predicted molar refractivity (Wildman–Crippen MR) is 86.4 cm³/mol. The molecule has 0 amide bonds. The van der Waals surface area contributed by atoms with Crippen molar-refractivity contribution >= 4 is 11.6 Å². The average molecular weight is 314 g/mol. The molecule has 1 aliphatic heterocycles. The quantitative estimate of drug-likeness (QED) is 0.902. The van der Waals surface area contributed by atoms with Crippen molar-refractivity contribution in [3.63, 3.8) is 0 Å². The van der Waals surface area contributed by atoms with Crippen molar-refractivity contribution in [3.05, 3.63) is 34.6 Å². The van der Waals surface area contributed by atoms with Crippen molar-refractivity contribution in [2.75, 3.05) is 40.3 Å². The fraction of sp³-hybridized carbons (Fsp3) is 0.625. The van der Waals surface area contributed by atoms with E-state index in [1.54, 1.807) is 12.1 Å². The van der Waals surface area contributed by atoms with Crippen LogP contribution in [0.25, 0.3) is 0 Å². The van der Waals surface area contributed by atoms with E-state index in [1.807, 2.05) is 0 Å². The van der Waals surface area contributed by atoms with E-state index in [0.717, 1.165) is 38.2 Å². The van der Waals surface area contributed by atoms with Crippen LogP contribution >= 0.6 is 11.6 Å². The van der Waals surface area contributed by atoms with Crippen LogP contribution in [0.1, 0.15) is 24.9 Å². The summed E-state index contributed by atoms with van der Waals surface area (Å²) in [6.07, 6.45) is 0.928. The minimum atomic E-state index is -0.230. The van der Waals surface area contributed by atoms with Gasteiger partial charge in [0.05, 0.1) is 0 Å². The number of hydrogen-bond donors (Lipinski definition) is 1. The highest BCUT2D eigenvalue weighted by Gasteiger charge is 2.26. The molecule has 2 unspecified atom stereocenters. The van der Waals surface area contributed by atoms with Gasteiger partial charge in [-0.3, -0.25) is 0 Å². The monoisotopic (exact) mass is 313 g/mol. The molecule has 1 saturated heterocycles. The molecule has 1 aliphatic rings. The molecule has 1 heterocycles. The Bertz CT molecular complexity index is 469. The molecule has 0 saturated carbocycles. The Morgan fingerprint density at radius 3 is 2.86 bits per heavy atom. The number of nitrogens with one attached hydrogen (secondary N) is 1. The maximum Gasteiger partial charge on any atom is 0.123 e. The van der Waals surface area contributed by atoms with Crippen LogP contribution in [0.4, 0.5) is 4.39 Å². The summed E-state index contributed by atoms with van der Waals surface area (Å²) in [6, 6.07) is 5.15. The van der Waals surface area contributed by atoms with Crippen molar-refractivity contribution in [2.45, 2.75) is 25.4 Å². The van der Waals surface area contributed by atoms with E-state index in [1.165, 1.54) is 6.07 Å². The summed E-state index contributed by atoms with van der Waals surface area (Å²) in [5.74, 6) is -0.230. The summed E-state index contributed by atoms with van der Waals surface area (Å²) in [5, 5.41) is 4.09. The molecule has 2 atom stereocenters. The number of nitrogens with zero attached hydrogens (tertiary/aromatic N) is 2. The van der Waals surface area contributed by atoms with E-state index in [0.29, 0.717) is 11.1 Å². The van der Waals surface area contributed by atoms with Crippen LogP contribution in [0, 0.1) is 5.82 Å². The van der Waals surface area contributed by atoms with Gasteiger partial charge in [0, 0.05) is 36.7 Å². The first kappa shape index (κ1) is 16.7. The lowest BCUT2D eigenvalue weighted by atomic mass is 9.97.